The number of ketones is 1. The van der Waals surface area contributed by atoms with Gasteiger partial charge in [0.25, 0.3) is 0 Å². The molecule has 2 rings (SSSR count). The molecule has 0 saturated carbocycles. The van der Waals surface area contributed by atoms with Gasteiger partial charge in [-0.15, -0.1) is 0 Å². The summed E-state index contributed by atoms with van der Waals surface area (Å²) < 4.78 is 5.22. The van der Waals surface area contributed by atoms with Crippen molar-refractivity contribution in [3.05, 3.63) is 65.2 Å². The van der Waals surface area contributed by atoms with Crippen LogP contribution in [0.3, 0.4) is 0 Å². The van der Waals surface area contributed by atoms with Crippen LogP contribution in [-0.2, 0) is 6.54 Å². The first kappa shape index (κ1) is 15.3. The molecule has 110 valence electrons. The third kappa shape index (κ3) is 3.92. The Bertz CT molecular complexity index is 608. The molecule has 0 aliphatic carbocycles. The molecule has 0 radical (unpaired) electrons. The molecule has 0 aliphatic rings. The fourth-order valence-corrected chi connectivity index (χ4v) is 2.27. The molecule has 2 aromatic rings. The van der Waals surface area contributed by atoms with Gasteiger partial charge in [0.15, 0.2) is 5.78 Å². The van der Waals surface area contributed by atoms with E-state index in [4.69, 9.17) is 4.74 Å². The lowest BCUT2D eigenvalue weighted by Crippen LogP contribution is -2.18. The Morgan fingerprint density at radius 2 is 1.90 bits per heavy atom. The van der Waals surface area contributed by atoms with Crippen LogP contribution in [0.5, 0.6) is 5.75 Å². The topological polar surface area (TPSA) is 38.3 Å². The summed E-state index contributed by atoms with van der Waals surface area (Å²) >= 11 is 0. The maximum absolute atomic E-state index is 11.6. The standard InChI is InChI=1S/C18H21NO2/c1-13(16-7-5-4-6-8-16)19-12-15-9-10-18(21-3)17(11-15)14(2)20/h4-11,13,19H,12H2,1-3H3/t13-/m0/s1. The van der Waals surface area contributed by atoms with Crippen molar-refractivity contribution in [3.63, 3.8) is 0 Å². The van der Waals surface area contributed by atoms with Crippen molar-refractivity contribution < 1.29 is 9.53 Å². The monoisotopic (exact) mass is 283 g/mol. The lowest BCUT2D eigenvalue weighted by Gasteiger charge is -2.15. The lowest BCUT2D eigenvalue weighted by atomic mass is 10.1. The average Bonchev–Trinajstić information content (AvgIpc) is 2.53. The second kappa shape index (κ2) is 7.04. The fourth-order valence-electron chi connectivity index (χ4n) is 2.27. The highest BCUT2D eigenvalue weighted by Crippen LogP contribution is 2.21. The molecule has 0 unspecified atom stereocenters. The molecule has 0 saturated heterocycles. The second-order valence-electron chi connectivity index (χ2n) is 5.10. The summed E-state index contributed by atoms with van der Waals surface area (Å²) in [7, 11) is 1.58. The van der Waals surface area contributed by atoms with Gasteiger partial charge in [0.05, 0.1) is 12.7 Å². The smallest absolute Gasteiger partial charge is 0.163 e. The van der Waals surface area contributed by atoms with Crippen molar-refractivity contribution >= 4 is 5.78 Å². The molecule has 0 heterocycles. The van der Waals surface area contributed by atoms with Gasteiger partial charge in [0.2, 0.25) is 0 Å². The lowest BCUT2D eigenvalue weighted by molar-refractivity contribution is 0.101. The van der Waals surface area contributed by atoms with Crippen molar-refractivity contribution in [2.45, 2.75) is 26.4 Å². The van der Waals surface area contributed by atoms with Crippen LogP contribution in [0.2, 0.25) is 0 Å². The third-order valence-corrected chi connectivity index (χ3v) is 3.56. The summed E-state index contributed by atoms with van der Waals surface area (Å²) in [6.07, 6.45) is 0. The number of hydrogen-bond acceptors (Lipinski definition) is 3. The van der Waals surface area contributed by atoms with Crippen molar-refractivity contribution in [2.24, 2.45) is 0 Å². The van der Waals surface area contributed by atoms with Gasteiger partial charge in [-0.2, -0.15) is 0 Å². The molecule has 0 aliphatic heterocycles. The molecule has 0 bridgehead atoms. The largest absolute Gasteiger partial charge is 0.496 e. The summed E-state index contributed by atoms with van der Waals surface area (Å²) in [5.74, 6) is 0.646. The number of nitrogens with one attached hydrogen (secondary N) is 1. The van der Waals surface area contributed by atoms with Crippen molar-refractivity contribution in [1.82, 2.24) is 5.32 Å². The minimum Gasteiger partial charge on any atom is -0.496 e. The summed E-state index contributed by atoms with van der Waals surface area (Å²) in [6, 6.07) is 16.3. The normalized spacial score (nSPS) is 12.0. The van der Waals surface area contributed by atoms with E-state index in [1.807, 2.05) is 36.4 Å². The zero-order valence-corrected chi connectivity index (χ0v) is 12.7. The van der Waals surface area contributed by atoms with E-state index < -0.39 is 0 Å². The highest BCUT2D eigenvalue weighted by atomic mass is 16.5. The first-order valence-electron chi connectivity index (χ1n) is 7.08. The number of methoxy groups -OCH3 is 1. The Labute approximate surface area is 126 Å². The van der Waals surface area contributed by atoms with E-state index in [1.165, 1.54) is 5.56 Å². The zero-order chi connectivity index (χ0) is 15.2. The molecular weight excluding hydrogens is 262 g/mol. The Balaban J connectivity index is 2.07. The van der Waals surface area contributed by atoms with Gasteiger partial charge in [-0.05, 0) is 37.1 Å². The Morgan fingerprint density at radius 3 is 2.52 bits per heavy atom. The van der Waals surface area contributed by atoms with Crippen LogP contribution in [0.15, 0.2) is 48.5 Å². The van der Waals surface area contributed by atoms with E-state index >= 15 is 0 Å². The highest BCUT2D eigenvalue weighted by Gasteiger charge is 2.10. The van der Waals surface area contributed by atoms with E-state index in [2.05, 4.69) is 24.4 Å². The molecule has 21 heavy (non-hydrogen) atoms. The van der Waals surface area contributed by atoms with Crippen molar-refractivity contribution in [2.75, 3.05) is 7.11 Å². The number of benzene rings is 2. The van der Waals surface area contributed by atoms with Crippen molar-refractivity contribution in [1.29, 1.82) is 0 Å². The fraction of sp³-hybridized carbons (Fsp3) is 0.278. The molecule has 3 heteroatoms. The van der Waals surface area contributed by atoms with Crippen LogP contribution >= 0.6 is 0 Å². The van der Waals surface area contributed by atoms with E-state index in [0.717, 1.165) is 5.56 Å². The van der Waals surface area contributed by atoms with Crippen LogP contribution in [0.1, 0.15) is 41.4 Å². The molecule has 0 amide bonds. The summed E-state index contributed by atoms with van der Waals surface area (Å²) in [5.41, 5.74) is 2.95. The van der Waals surface area contributed by atoms with Crippen LogP contribution in [0, 0.1) is 0 Å². The Hall–Kier alpha value is -2.13. The second-order valence-corrected chi connectivity index (χ2v) is 5.10. The molecule has 0 aromatic heterocycles. The first-order valence-corrected chi connectivity index (χ1v) is 7.08. The maximum Gasteiger partial charge on any atom is 0.163 e. The van der Waals surface area contributed by atoms with Gasteiger partial charge in [-0.1, -0.05) is 36.4 Å². The van der Waals surface area contributed by atoms with E-state index in [9.17, 15) is 4.79 Å². The van der Waals surface area contributed by atoms with Crippen LogP contribution in [0.25, 0.3) is 0 Å². The molecule has 0 spiro atoms. The number of carbonyl (C=O) groups excluding carboxylic acids is 1. The number of rotatable bonds is 6. The quantitative estimate of drug-likeness (QED) is 0.821. The number of Topliss-reactive ketones (excluding diaryl/α,β-unsaturated/α-hetero) is 1. The number of carbonyl (C=O) groups is 1. The minimum atomic E-state index is 0.0183. The Morgan fingerprint density at radius 1 is 1.19 bits per heavy atom. The first-order chi connectivity index (χ1) is 10.1. The molecule has 3 nitrogen and oxygen atoms in total. The maximum atomic E-state index is 11.6. The Kier molecular flexibility index (Phi) is 5.12. The molecule has 0 fully saturated rings. The molecule has 1 atom stereocenters. The van der Waals surface area contributed by atoms with Crippen LogP contribution in [-0.4, -0.2) is 12.9 Å². The summed E-state index contributed by atoms with van der Waals surface area (Å²) in [6.45, 7) is 4.40. The van der Waals surface area contributed by atoms with Gasteiger partial charge in [-0.3, -0.25) is 4.79 Å². The number of hydrogen-bond donors (Lipinski definition) is 1. The van der Waals surface area contributed by atoms with Gasteiger partial charge < -0.3 is 10.1 Å². The van der Waals surface area contributed by atoms with Gasteiger partial charge >= 0.3 is 0 Å². The van der Waals surface area contributed by atoms with Crippen LogP contribution in [0.4, 0.5) is 0 Å². The molecule has 2 aromatic carbocycles. The summed E-state index contributed by atoms with van der Waals surface area (Å²) in [5, 5.41) is 3.47. The number of ether oxygens (including phenoxy) is 1. The SMILES string of the molecule is COc1ccc(CN[C@@H](C)c2ccccc2)cc1C(C)=O. The van der Waals surface area contributed by atoms with E-state index in [0.29, 0.717) is 17.9 Å². The van der Waals surface area contributed by atoms with Crippen molar-refractivity contribution in [3.8, 4) is 5.75 Å². The van der Waals surface area contributed by atoms with Gasteiger partial charge in [0, 0.05) is 12.6 Å². The molecular formula is C18H21NO2. The van der Waals surface area contributed by atoms with E-state index in [1.54, 1.807) is 14.0 Å². The summed E-state index contributed by atoms with van der Waals surface area (Å²) in [4.78, 5) is 11.6. The predicted molar refractivity (Wildman–Crippen MR) is 84.7 cm³/mol. The third-order valence-electron chi connectivity index (χ3n) is 3.56. The van der Waals surface area contributed by atoms with Gasteiger partial charge in [-0.25, -0.2) is 0 Å². The van der Waals surface area contributed by atoms with Gasteiger partial charge in [0.1, 0.15) is 5.75 Å². The molecule has 1 N–H and O–H groups in total. The predicted octanol–water partition coefficient (Wildman–Crippen LogP) is 3.75. The highest BCUT2D eigenvalue weighted by molar-refractivity contribution is 5.97. The van der Waals surface area contributed by atoms with Crippen LogP contribution < -0.4 is 10.1 Å². The zero-order valence-electron chi connectivity index (χ0n) is 12.7. The average molecular weight is 283 g/mol. The minimum absolute atomic E-state index is 0.0183. The van der Waals surface area contributed by atoms with E-state index in [-0.39, 0.29) is 11.8 Å².